The lowest BCUT2D eigenvalue weighted by Gasteiger charge is -2.50. The zero-order chi connectivity index (χ0) is 46.5. The highest BCUT2D eigenvalue weighted by Gasteiger charge is 2.78. The minimum absolute atomic E-state index is 0.0182. The van der Waals surface area contributed by atoms with Crippen LogP contribution in [0.3, 0.4) is 0 Å². The Morgan fingerprint density at radius 2 is 1.63 bits per heavy atom. The summed E-state index contributed by atoms with van der Waals surface area (Å²) in [5, 5.41) is 14.6. The van der Waals surface area contributed by atoms with Gasteiger partial charge >= 0.3 is 24.1 Å². The number of likely N-dealkylation sites (N-methyl/N-ethyl adjacent to an activating group) is 1. The second kappa shape index (κ2) is 18.1. The van der Waals surface area contributed by atoms with Crippen molar-refractivity contribution in [2.24, 2.45) is 17.3 Å². The monoisotopic (exact) mass is 911 g/mol. The van der Waals surface area contributed by atoms with Crippen molar-refractivity contribution >= 4 is 35.8 Å². The summed E-state index contributed by atoms with van der Waals surface area (Å²) in [7, 11) is 1.51. The number of nitrogens with one attached hydrogen (secondary N) is 1. The molecule has 352 valence electrons. The van der Waals surface area contributed by atoms with E-state index in [-0.39, 0.29) is 44.1 Å². The Morgan fingerprint density at radius 1 is 0.969 bits per heavy atom. The predicted molar refractivity (Wildman–Crippen MR) is 222 cm³/mol. The maximum Gasteiger partial charge on any atom is 0.422 e. The third kappa shape index (κ3) is 9.97. The number of halogens is 3. The lowest BCUT2D eigenvalue weighted by Crippen LogP contribution is -2.70. The second-order valence-corrected chi connectivity index (χ2v) is 19.1. The van der Waals surface area contributed by atoms with Crippen molar-refractivity contribution in [3.8, 4) is 0 Å². The first-order valence-corrected chi connectivity index (χ1v) is 22.2. The molecule has 8 atom stereocenters. The van der Waals surface area contributed by atoms with E-state index in [1.54, 1.807) is 45.0 Å². The van der Waals surface area contributed by atoms with Crippen molar-refractivity contribution in [2.45, 2.75) is 139 Å². The molecule has 2 N–H and O–H groups in total. The van der Waals surface area contributed by atoms with Gasteiger partial charge in [-0.2, -0.15) is 18.2 Å². The largest absolute Gasteiger partial charge is 0.460 e. The number of ether oxygens (including phenoxy) is 5. The third-order valence-electron chi connectivity index (χ3n) is 13.0. The van der Waals surface area contributed by atoms with Crippen molar-refractivity contribution in [3.63, 3.8) is 0 Å². The van der Waals surface area contributed by atoms with Gasteiger partial charge in [-0.05, 0) is 75.6 Å². The highest BCUT2D eigenvalue weighted by atomic mass is 19.4. The maximum absolute atomic E-state index is 15.7. The number of benzene rings is 2. The van der Waals surface area contributed by atoms with Crippen LogP contribution in [-0.4, -0.2) is 125 Å². The molecule has 3 heterocycles. The molecule has 2 aromatic rings. The van der Waals surface area contributed by atoms with E-state index in [4.69, 9.17) is 23.8 Å². The molecule has 3 saturated carbocycles. The second-order valence-electron chi connectivity index (χ2n) is 19.1. The average Bonchev–Trinajstić information content (AvgIpc) is 4.21. The molecule has 3 aliphatic carbocycles. The van der Waals surface area contributed by atoms with Crippen molar-refractivity contribution < 1.29 is 70.8 Å². The number of hydroxylamine groups is 2. The Balaban J connectivity index is 1.09. The smallest absolute Gasteiger partial charge is 0.422 e. The highest BCUT2D eigenvalue weighted by molar-refractivity contribution is 5.96. The molecule has 18 heteroatoms. The van der Waals surface area contributed by atoms with Gasteiger partial charge in [0.2, 0.25) is 11.8 Å². The number of esters is 3. The summed E-state index contributed by atoms with van der Waals surface area (Å²) in [6.07, 6.45) is -2.15. The van der Waals surface area contributed by atoms with E-state index in [1.165, 1.54) is 23.1 Å². The first-order chi connectivity index (χ1) is 30.8. The fourth-order valence-electron chi connectivity index (χ4n) is 9.83. The van der Waals surface area contributed by atoms with Crippen LogP contribution in [0.4, 0.5) is 13.2 Å². The minimum atomic E-state index is -4.66. The molecule has 2 amide bonds. The summed E-state index contributed by atoms with van der Waals surface area (Å²) in [5.74, 6) is -4.09. The van der Waals surface area contributed by atoms with Crippen LogP contribution in [-0.2, 0) is 65.5 Å². The Hall–Kier alpha value is -4.88. The summed E-state index contributed by atoms with van der Waals surface area (Å²) in [5.41, 5.74) is -0.494. The normalized spacial score (nSPS) is 27.9. The third-order valence-corrected chi connectivity index (χ3v) is 13.0. The van der Waals surface area contributed by atoms with Crippen molar-refractivity contribution in [2.75, 3.05) is 20.3 Å². The SMILES string of the molecule is CN(C(=O)[C@@]12C[C@H]3OC(=O)[C@@H]1N(Cc1ccc(C=CC(=O)OCC(F)(F)F)cc1)O[C@@H]2[C@H]1OC(C2CC2)(C2CC2)O[C@H]13)[C@H](Cc1ccccc1)C(=O)N[C@H](CO)CCC(=O)OC(C)(C)C. The van der Waals surface area contributed by atoms with E-state index in [0.29, 0.717) is 11.1 Å². The average molecular weight is 912 g/mol. The molecule has 15 nitrogen and oxygen atoms in total. The van der Waals surface area contributed by atoms with Gasteiger partial charge in [0, 0.05) is 44.2 Å². The number of rotatable bonds is 17. The number of amides is 2. The van der Waals surface area contributed by atoms with E-state index in [2.05, 4.69) is 10.1 Å². The zero-order valence-corrected chi connectivity index (χ0v) is 36.8. The molecule has 2 aromatic carbocycles. The van der Waals surface area contributed by atoms with Gasteiger partial charge < -0.3 is 39.0 Å². The summed E-state index contributed by atoms with van der Waals surface area (Å²) >= 11 is 0. The molecule has 65 heavy (non-hydrogen) atoms. The van der Waals surface area contributed by atoms with E-state index in [0.717, 1.165) is 37.3 Å². The number of nitrogens with zero attached hydrogens (tertiary/aromatic N) is 2. The van der Waals surface area contributed by atoms with Crippen LogP contribution in [0.1, 0.15) is 82.4 Å². The molecule has 0 radical (unpaired) electrons. The van der Waals surface area contributed by atoms with Crippen LogP contribution in [0.2, 0.25) is 0 Å². The number of carbonyl (C=O) groups is 5. The van der Waals surface area contributed by atoms with Gasteiger partial charge in [-0.25, -0.2) is 4.79 Å². The number of hydrogen-bond donors (Lipinski definition) is 2. The number of carbonyl (C=O) groups excluding carboxylic acids is 5. The molecule has 6 aliphatic rings. The van der Waals surface area contributed by atoms with Gasteiger partial charge in [0.05, 0.1) is 19.2 Å². The van der Waals surface area contributed by atoms with Crippen LogP contribution >= 0.6 is 0 Å². The number of aliphatic hydroxyl groups excluding tert-OH is 1. The number of hydrogen-bond acceptors (Lipinski definition) is 13. The lowest BCUT2D eigenvalue weighted by atomic mass is 9.62. The number of alkyl halides is 3. The fourth-order valence-corrected chi connectivity index (χ4v) is 9.83. The Labute approximate surface area is 374 Å². The van der Waals surface area contributed by atoms with Gasteiger partial charge in [0.1, 0.15) is 41.5 Å². The quantitative estimate of drug-likeness (QED) is 0.128. The van der Waals surface area contributed by atoms with Crippen molar-refractivity contribution in [3.05, 3.63) is 77.4 Å². The molecule has 3 saturated heterocycles. The first-order valence-electron chi connectivity index (χ1n) is 22.2. The van der Waals surface area contributed by atoms with Crippen LogP contribution in [0, 0.1) is 17.3 Å². The molecule has 2 bridgehead atoms. The molecule has 6 fully saturated rings. The minimum Gasteiger partial charge on any atom is -0.460 e. The van der Waals surface area contributed by atoms with E-state index < -0.39 is 108 Å². The standard InChI is InChI=1S/C47H56F3N3O12/c1-44(2,3)62-36(56)21-19-32(25-54)51-41(57)33(22-28-8-6-5-7-9-28)52(4)43(59)45-23-34-37-38(64-47(63-37,30-15-16-30)31-17-18-31)40(45)65-53(39(45)42(58)61-34)24-29-12-10-27(11-13-29)14-20-35(55)60-26-46(48,49)50/h5-14,20,30-34,37-40,54H,15-19,21-26H2,1-4H3,(H,51,57)/t32-,33+,34+,37-,38-,39-,40+,45-/m0/s1. The van der Waals surface area contributed by atoms with Gasteiger partial charge in [-0.3, -0.25) is 24.0 Å². The Kier molecular flexibility index (Phi) is 13.0. The van der Waals surface area contributed by atoms with Crippen LogP contribution in [0.5, 0.6) is 0 Å². The maximum atomic E-state index is 15.7. The van der Waals surface area contributed by atoms with Crippen LogP contribution in [0.15, 0.2) is 60.7 Å². The van der Waals surface area contributed by atoms with Crippen molar-refractivity contribution in [1.29, 1.82) is 0 Å². The highest BCUT2D eigenvalue weighted by Crippen LogP contribution is 2.64. The van der Waals surface area contributed by atoms with E-state index >= 15 is 4.79 Å². The number of aliphatic hydroxyl groups is 1. The van der Waals surface area contributed by atoms with Crippen LogP contribution in [0.25, 0.3) is 6.08 Å². The van der Waals surface area contributed by atoms with E-state index in [1.807, 2.05) is 30.3 Å². The van der Waals surface area contributed by atoms with Gasteiger partial charge in [-0.1, -0.05) is 54.6 Å². The summed E-state index contributed by atoms with van der Waals surface area (Å²) < 4.78 is 67.2. The molecular formula is C47H56F3N3O12. The molecule has 0 unspecified atom stereocenters. The summed E-state index contributed by atoms with van der Waals surface area (Å²) in [4.78, 5) is 77.2. The summed E-state index contributed by atoms with van der Waals surface area (Å²) in [6.45, 7) is 3.02. The van der Waals surface area contributed by atoms with Crippen LogP contribution < -0.4 is 5.32 Å². The van der Waals surface area contributed by atoms with Gasteiger partial charge in [0.15, 0.2) is 18.4 Å². The topological polar surface area (TPSA) is 179 Å². The molecule has 0 spiro atoms. The molecule has 0 aromatic heterocycles. The predicted octanol–water partition coefficient (Wildman–Crippen LogP) is 4.57. The zero-order valence-electron chi connectivity index (χ0n) is 36.8. The number of fused-ring (bicyclic) bond motifs is 4. The Bertz CT molecular complexity index is 2130. The fraction of sp³-hybridized carbons (Fsp3) is 0.596. The van der Waals surface area contributed by atoms with Gasteiger partial charge in [-0.15, -0.1) is 0 Å². The molecule has 8 rings (SSSR count). The van der Waals surface area contributed by atoms with Gasteiger partial charge in [0.25, 0.3) is 0 Å². The molecule has 3 aliphatic heterocycles. The Morgan fingerprint density at radius 3 is 2.25 bits per heavy atom. The van der Waals surface area contributed by atoms with Crippen molar-refractivity contribution in [1.82, 2.24) is 15.3 Å². The molecular weight excluding hydrogens is 856 g/mol. The first kappa shape index (κ1) is 46.6. The van der Waals surface area contributed by atoms with E-state index in [9.17, 15) is 37.5 Å². The summed E-state index contributed by atoms with van der Waals surface area (Å²) in [6, 6.07) is 12.5. The lowest BCUT2D eigenvalue weighted by molar-refractivity contribution is -0.235.